The predicted molar refractivity (Wildman–Crippen MR) is 95.5 cm³/mol. The van der Waals surface area contributed by atoms with Gasteiger partial charge in [0.1, 0.15) is 0 Å². The van der Waals surface area contributed by atoms with Crippen molar-refractivity contribution in [3.8, 4) is 0 Å². The lowest BCUT2D eigenvalue weighted by Gasteiger charge is -2.20. The molecule has 0 amide bonds. The summed E-state index contributed by atoms with van der Waals surface area (Å²) in [4.78, 5) is 11.9. The average Bonchev–Trinajstić information content (AvgIpc) is 2.52. The Bertz CT molecular complexity index is 873. The summed E-state index contributed by atoms with van der Waals surface area (Å²) in [6, 6.07) is 12.2. The number of hydrogen-bond donors (Lipinski definition) is 1. The molecule has 1 N–H and O–H groups in total. The predicted octanol–water partition coefficient (Wildman–Crippen LogP) is 3.81. The van der Waals surface area contributed by atoms with Gasteiger partial charge in [0, 0.05) is 10.6 Å². The molecule has 1 atom stereocenters. The molecule has 0 fully saturated rings. The summed E-state index contributed by atoms with van der Waals surface area (Å²) in [5.74, 6) is -0.299. The van der Waals surface area contributed by atoms with Crippen LogP contribution < -0.4 is 4.72 Å². The van der Waals surface area contributed by atoms with Gasteiger partial charge in [0.15, 0.2) is 5.78 Å². The third kappa shape index (κ3) is 4.32. The molecular weight excluding hydrogens is 346 g/mol. The maximum Gasteiger partial charge on any atom is 0.241 e. The molecule has 0 heterocycles. The van der Waals surface area contributed by atoms with Gasteiger partial charge in [-0.05, 0) is 43.7 Å². The van der Waals surface area contributed by atoms with E-state index in [-0.39, 0.29) is 16.3 Å². The molecule has 0 aliphatic rings. The molecule has 2 rings (SSSR count). The molecular formula is C18H18ClNO3S. The minimum absolute atomic E-state index is 0.122. The molecule has 0 aliphatic carbocycles. The molecule has 0 radical (unpaired) electrons. The molecule has 0 saturated carbocycles. The Labute approximate surface area is 147 Å². The van der Waals surface area contributed by atoms with E-state index in [1.165, 1.54) is 19.1 Å². The standard InChI is InChI=1S/C18H18ClNO3S/c1-12-7-9-17(10-8-12)24(22,23)20-18(13(2)14(3)21)15-5-4-6-16(19)11-15/h4-11,18,20H,2H2,1,3H3. The first-order valence-corrected chi connectivity index (χ1v) is 9.11. The van der Waals surface area contributed by atoms with Crippen LogP contribution in [0, 0.1) is 6.92 Å². The molecule has 0 bridgehead atoms. The maximum absolute atomic E-state index is 12.6. The largest absolute Gasteiger partial charge is 0.295 e. The summed E-state index contributed by atoms with van der Waals surface area (Å²) in [5, 5.41) is 0.448. The second kappa shape index (κ2) is 7.30. The van der Waals surface area contributed by atoms with Gasteiger partial charge in [0.05, 0.1) is 10.9 Å². The van der Waals surface area contributed by atoms with Crippen LogP contribution in [0.15, 0.2) is 65.6 Å². The van der Waals surface area contributed by atoms with Crippen molar-refractivity contribution in [2.24, 2.45) is 0 Å². The highest BCUT2D eigenvalue weighted by Gasteiger charge is 2.25. The van der Waals surface area contributed by atoms with Crippen LogP contribution in [0.3, 0.4) is 0 Å². The summed E-state index contributed by atoms with van der Waals surface area (Å²) in [6.45, 7) is 6.95. The summed E-state index contributed by atoms with van der Waals surface area (Å²) in [7, 11) is -3.82. The first-order valence-electron chi connectivity index (χ1n) is 7.25. The van der Waals surface area contributed by atoms with Gasteiger partial charge < -0.3 is 0 Å². The normalized spacial score (nSPS) is 12.6. The quantitative estimate of drug-likeness (QED) is 0.793. The highest BCUT2D eigenvalue weighted by molar-refractivity contribution is 7.89. The van der Waals surface area contributed by atoms with Crippen LogP contribution in [0.5, 0.6) is 0 Å². The van der Waals surface area contributed by atoms with Crippen LogP contribution in [0.1, 0.15) is 24.1 Å². The SMILES string of the molecule is C=C(C(C)=O)C(NS(=O)(=O)c1ccc(C)cc1)c1cccc(Cl)c1. The smallest absolute Gasteiger partial charge is 0.241 e. The van der Waals surface area contributed by atoms with Crippen molar-refractivity contribution in [3.63, 3.8) is 0 Å². The van der Waals surface area contributed by atoms with E-state index >= 15 is 0 Å². The first kappa shape index (κ1) is 18.4. The van der Waals surface area contributed by atoms with Crippen LogP contribution in [0.4, 0.5) is 0 Å². The van der Waals surface area contributed by atoms with Crippen molar-refractivity contribution in [3.05, 3.63) is 76.8 Å². The molecule has 2 aromatic rings. The molecule has 0 saturated heterocycles. The third-order valence-electron chi connectivity index (χ3n) is 3.59. The lowest BCUT2D eigenvalue weighted by atomic mass is 9.98. The zero-order valence-corrected chi connectivity index (χ0v) is 15.0. The number of ketones is 1. The van der Waals surface area contributed by atoms with Gasteiger partial charge in [-0.2, -0.15) is 4.72 Å². The molecule has 0 aromatic heterocycles. The van der Waals surface area contributed by atoms with E-state index in [9.17, 15) is 13.2 Å². The minimum Gasteiger partial charge on any atom is -0.295 e. The van der Waals surface area contributed by atoms with E-state index in [1.807, 2.05) is 6.92 Å². The fourth-order valence-corrected chi connectivity index (χ4v) is 3.59. The van der Waals surface area contributed by atoms with E-state index in [1.54, 1.807) is 36.4 Å². The van der Waals surface area contributed by atoms with Crippen molar-refractivity contribution in [2.45, 2.75) is 24.8 Å². The lowest BCUT2D eigenvalue weighted by Crippen LogP contribution is -2.31. The van der Waals surface area contributed by atoms with Crippen LogP contribution >= 0.6 is 11.6 Å². The fourth-order valence-electron chi connectivity index (χ4n) is 2.17. The van der Waals surface area contributed by atoms with E-state index in [0.29, 0.717) is 10.6 Å². The topological polar surface area (TPSA) is 63.2 Å². The lowest BCUT2D eigenvalue weighted by molar-refractivity contribution is -0.113. The number of rotatable bonds is 6. The highest BCUT2D eigenvalue weighted by Crippen LogP contribution is 2.26. The molecule has 1 unspecified atom stereocenters. The van der Waals surface area contributed by atoms with Crippen LogP contribution in [0.2, 0.25) is 5.02 Å². The van der Waals surface area contributed by atoms with E-state index in [2.05, 4.69) is 11.3 Å². The minimum atomic E-state index is -3.82. The molecule has 24 heavy (non-hydrogen) atoms. The van der Waals surface area contributed by atoms with Gasteiger partial charge >= 0.3 is 0 Å². The van der Waals surface area contributed by atoms with Gasteiger partial charge in [0.2, 0.25) is 10.0 Å². The fraction of sp³-hybridized carbons (Fsp3) is 0.167. The summed E-state index contributed by atoms with van der Waals surface area (Å²) >= 11 is 5.99. The monoisotopic (exact) mass is 363 g/mol. The number of benzene rings is 2. The Morgan fingerprint density at radius 3 is 2.33 bits per heavy atom. The van der Waals surface area contributed by atoms with Crippen LogP contribution in [0.25, 0.3) is 0 Å². The van der Waals surface area contributed by atoms with Crippen molar-refractivity contribution in [2.75, 3.05) is 0 Å². The number of nitrogens with one attached hydrogen (secondary N) is 1. The molecule has 6 heteroatoms. The van der Waals surface area contributed by atoms with Crippen molar-refractivity contribution >= 4 is 27.4 Å². The van der Waals surface area contributed by atoms with Gasteiger partial charge in [-0.3, -0.25) is 4.79 Å². The number of halogens is 1. The summed E-state index contributed by atoms with van der Waals surface area (Å²) in [5.41, 5.74) is 1.65. The van der Waals surface area contributed by atoms with E-state index in [0.717, 1.165) is 5.56 Å². The van der Waals surface area contributed by atoms with Crippen molar-refractivity contribution in [1.29, 1.82) is 0 Å². The molecule has 2 aromatic carbocycles. The molecule has 0 aliphatic heterocycles. The summed E-state index contributed by atoms with van der Waals surface area (Å²) in [6.07, 6.45) is 0. The van der Waals surface area contributed by atoms with Gasteiger partial charge in [-0.25, -0.2) is 8.42 Å². The zero-order chi connectivity index (χ0) is 17.9. The number of hydrogen-bond acceptors (Lipinski definition) is 3. The number of carbonyl (C=O) groups is 1. The van der Waals surface area contributed by atoms with E-state index in [4.69, 9.17) is 11.6 Å². The Morgan fingerprint density at radius 1 is 1.17 bits per heavy atom. The Kier molecular flexibility index (Phi) is 5.59. The Morgan fingerprint density at radius 2 is 1.79 bits per heavy atom. The van der Waals surface area contributed by atoms with E-state index < -0.39 is 16.1 Å². The van der Waals surface area contributed by atoms with Crippen LogP contribution in [-0.4, -0.2) is 14.2 Å². The van der Waals surface area contributed by atoms with Gasteiger partial charge in [-0.1, -0.05) is 48.0 Å². The van der Waals surface area contributed by atoms with Gasteiger partial charge in [-0.15, -0.1) is 0 Å². The molecule has 4 nitrogen and oxygen atoms in total. The highest BCUT2D eigenvalue weighted by atomic mass is 35.5. The van der Waals surface area contributed by atoms with Crippen molar-refractivity contribution in [1.82, 2.24) is 4.72 Å². The zero-order valence-electron chi connectivity index (χ0n) is 13.4. The molecule has 0 spiro atoms. The second-order valence-electron chi connectivity index (χ2n) is 5.50. The Balaban J connectivity index is 2.43. The van der Waals surface area contributed by atoms with Crippen LogP contribution in [-0.2, 0) is 14.8 Å². The van der Waals surface area contributed by atoms with Crippen molar-refractivity contribution < 1.29 is 13.2 Å². The average molecular weight is 364 g/mol. The number of Topliss-reactive ketones (excluding diaryl/α,β-unsaturated/α-hetero) is 1. The summed E-state index contributed by atoms with van der Waals surface area (Å²) < 4.78 is 27.8. The van der Waals surface area contributed by atoms with Gasteiger partial charge in [0.25, 0.3) is 0 Å². The first-order chi connectivity index (χ1) is 11.2. The molecule has 126 valence electrons. The number of aryl methyl sites for hydroxylation is 1. The third-order valence-corrected chi connectivity index (χ3v) is 5.26. The number of carbonyl (C=O) groups excluding carboxylic acids is 1. The maximum atomic E-state index is 12.6. The Hall–Kier alpha value is -1.95. The number of sulfonamides is 1. The second-order valence-corrected chi connectivity index (χ2v) is 7.65.